The molecule has 2 heterocycles. The summed E-state index contributed by atoms with van der Waals surface area (Å²) in [6, 6.07) is 9.75. The van der Waals surface area contributed by atoms with Crippen LogP contribution in [0, 0.1) is 11.3 Å². The lowest BCUT2D eigenvalue weighted by Gasteiger charge is -1.60. The van der Waals surface area contributed by atoms with Crippen LogP contribution < -0.4 is 0 Å². The average molecular weight is 147 g/mol. The Labute approximate surface area is 65.4 Å². The highest BCUT2D eigenvalue weighted by molar-refractivity contribution is 5.59. The molecule has 56 valence electrons. The van der Waals surface area contributed by atoms with E-state index in [0.717, 1.165) is 11.2 Å². The first-order valence-electron chi connectivity index (χ1n) is 3.51. The van der Waals surface area contributed by atoms with Gasteiger partial charge in [-0.25, -0.2) is 0 Å². The minimum atomic E-state index is 0.625. The molecule has 0 saturated heterocycles. The minimum absolute atomic E-state index is 0.625. The second-order valence-electron chi connectivity index (χ2n) is 2.09. The van der Waals surface area contributed by atoms with Crippen LogP contribution in [0.2, 0.25) is 0 Å². The zero-order chi connectivity index (χ0) is 8.10. The van der Waals surface area contributed by atoms with Gasteiger partial charge in [0.05, 0.1) is 6.07 Å². The van der Waals surface area contributed by atoms with E-state index in [-0.39, 0.29) is 0 Å². The SMILES string of the molecule is CCC#N.c1cc2ccc1o2. The molecule has 0 spiro atoms. The van der Waals surface area contributed by atoms with Gasteiger partial charge in [0, 0.05) is 6.42 Å². The van der Waals surface area contributed by atoms with Crippen molar-refractivity contribution in [1.29, 1.82) is 5.26 Å². The summed E-state index contributed by atoms with van der Waals surface area (Å²) in [5, 5.41) is 7.62. The van der Waals surface area contributed by atoms with E-state index in [1.54, 1.807) is 0 Å². The van der Waals surface area contributed by atoms with Gasteiger partial charge >= 0.3 is 0 Å². The summed E-state index contributed by atoms with van der Waals surface area (Å²) in [6.07, 6.45) is 0.625. The van der Waals surface area contributed by atoms with Crippen molar-refractivity contribution >= 4 is 11.2 Å². The molecular weight excluding hydrogens is 138 g/mol. The maximum atomic E-state index is 7.62. The molecule has 0 aliphatic carbocycles. The summed E-state index contributed by atoms with van der Waals surface area (Å²) in [7, 11) is 0. The van der Waals surface area contributed by atoms with Crippen molar-refractivity contribution in [3.63, 3.8) is 0 Å². The van der Waals surface area contributed by atoms with Gasteiger partial charge in [-0.15, -0.1) is 0 Å². The molecule has 0 radical (unpaired) electrons. The number of furan rings is 2. The van der Waals surface area contributed by atoms with E-state index in [0.29, 0.717) is 6.42 Å². The van der Waals surface area contributed by atoms with Crippen molar-refractivity contribution in [2.24, 2.45) is 0 Å². The Kier molecular flexibility index (Phi) is 2.51. The van der Waals surface area contributed by atoms with Crippen LogP contribution in [0.15, 0.2) is 28.7 Å². The number of benzene rings is 1. The van der Waals surface area contributed by atoms with E-state index in [1.807, 2.05) is 37.3 Å². The normalized spacial score (nSPS) is 8.73. The largest absolute Gasteiger partial charge is 0.457 e. The fraction of sp³-hybridized carbons (Fsp3) is 0.222. The standard InChI is InChI=1S/C6H4O.C3H5N/c1-2-6-4-3-5(1)7-6;1-2-3-4/h1-4H;2H2,1H3. The van der Waals surface area contributed by atoms with Gasteiger partial charge in [0.2, 0.25) is 0 Å². The van der Waals surface area contributed by atoms with Crippen molar-refractivity contribution in [1.82, 2.24) is 0 Å². The molecule has 2 bridgehead atoms. The Morgan fingerprint density at radius 2 is 1.64 bits per heavy atom. The Morgan fingerprint density at radius 3 is 1.73 bits per heavy atom. The maximum Gasteiger partial charge on any atom is 0.127 e. The Balaban J connectivity index is 0.000000134. The monoisotopic (exact) mass is 147 g/mol. The zero-order valence-corrected chi connectivity index (χ0v) is 6.37. The van der Waals surface area contributed by atoms with Gasteiger partial charge in [0.1, 0.15) is 11.2 Å². The number of nitrogens with zero attached hydrogens (tertiary/aromatic N) is 1. The topological polar surface area (TPSA) is 36.9 Å². The lowest BCUT2D eigenvalue weighted by Crippen LogP contribution is -1.43. The van der Waals surface area contributed by atoms with Crippen LogP contribution in [-0.2, 0) is 0 Å². The molecular formula is C9H9NO. The summed E-state index contributed by atoms with van der Waals surface area (Å²) in [4.78, 5) is 0. The fourth-order valence-corrected chi connectivity index (χ4v) is 0.712. The van der Waals surface area contributed by atoms with Gasteiger partial charge in [-0.05, 0) is 24.3 Å². The van der Waals surface area contributed by atoms with E-state index >= 15 is 0 Å². The summed E-state index contributed by atoms with van der Waals surface area (Å²) in [6.45, 7) is 1.82. The fourth-order valence-electron chi connectivity index (χ4n) is 0.712. The van der Waals surface area contributed by atoms with Gasteiger partial charge in [-0.2, -0.15) is 5.26 Å². The van der Waals surface area contributed by atoms with Crippen molar-refractivity contribution < 1.29 is 4.42 Å². The third kappa shape index (κ3) is 1.98. The molecule has 11 heavy (non-hydrogen) atoms. The predicted molar refractivity (Wildman–Crippen MR) is 43.3 cm³/mol. The van der Waals surface area contributed by atoms with Gasteiger partial charge in [0.15, 0.2) is 0 Å². The molecule has 0 saturated carbocycles. The summed E-state index contributed by atoms with van der Waals surface area (Å²) in [5.74, 6) is 0. The number of fused-ring (bicyclic) bond motifs is 2. The van der Waals surface area contributed by atoms with Crippen molar-refractivity contribution in [3.8, 4) is 6.07 Å². The molecule has 0 aromatic carbocycles. The van der Waals surface area contributed by atoms with Crippen LogP contribution in [0.4, 0.5) is 0 Å². The van der Waals surface area contributed by atoms with Gasteiger partial charge in [-0.1, -0.05) is 6.92 Å². The molecule has 0 fully saturated rings. The van der Waals surface area contributed by atoms with Gasteiger partial charge in [-0.3, -0.25) is 0 Å². The quantitative estimate of drug-likeness (QED) is 0.574. The molecule has 2 aromatic heterocycles. The van der Waals surface area contributed by atoms with Crippen molar-refractivity contribution in [2.75, 3.05) is 0 Å². The van der Waals surface area contributed by atoms with Crippen molar-refractivity contribution in [2.45, 2.75) is 13.3 Å². The molecule has 2 heteroatoms. The van der Waals surface area contributed by atoms with E-state index in [9.17, 15) is 0 Å². The molecule has 2 rings (SSSR count). The van der Waals surface area contributed by atoms with E-state index in [2.05, 4.69) is 0 Å². The minimum Gasteiger partial charge on any atom is -0.457 e. The number of nitriles is 1. The molecule has 0 atom stereocenters. The van der Waals surface area contributed by atoms with Crippen LogP contribution in [0.5, 0.6) is 0 Å². The smallest absolute Gasteiger partial charge is 0.127 e. The lowest BCUT2D eigenvalue weighted by atomic mass is 10.4. The lowest BCUT2D eigenvalue weighted by molar-refractivity contribution is 0.675. The molecule has 0 N–H and O–H groups in total. The molecule has 0 aliphatic rings. The third-order valence-electron chi connectivity index (χ3n) is 1.22. The first kappa shape index (κ1) is 7.62. The van der Waals surface area contributed by atoms with Gasteiger partial charge in [0.25, 0.3) is 0 Å². The second kappa shape index (κ2) is 3.62. The second-order valence-corrected chi connectivity index (χ2v) is 2.09. The summed E-state index contributed by atoms with van der Waals surface area (Å²) >= 11 is 0. The highest BCUT2D eigenvalue weighted by atomic mass is 16.3. The first-order chi connectivity index (χ1) is 5.36. The molecule has 0 unspecified atom stereocenters. The van der Waals surface area contributed by atoms with Crippen LogP contribution >= 0.6 is 0 Å². The zero-order valence-electron chi connectivity index (χ0n) is 6.37. The van der Waals surface area contributed by atoms with Crippen LogP contribution in [0.25, 0.3) is 11.2 Å². The Bertz CT molecular complexity index is 286. The van der Waals surface area contributed by atoms with E-state index in [4.69, 9.17) is 9.68 Å². The first-order valence-corrected chi connectivity index (χ1v) is 3.51. The maximum absolute atomic E-state index is 7.62. The molecule has 0 amide bonds. The average Bonchev–Trinajstić information content (AvgIpc) is 2.67. The number of rotatable bonds is 0. The molecule has 2 aromatic rings. The summed E-state index contributed by atoms with van der Waals surface area (Å²) in [5.41, 5.74) is 1.94. The van der Waals surface area contributed by atoms with Crippen LogP contribution in [0.3, 0.4) is 0 Å². The number of hydrogen-bond donors (Lipinski definition) is 0. The Hall–Kier alpha value is -1.49. The van der Waals surface area contributed by atoms with Crippen molar-refractivity contribution in [3.05, 3.63) is 24.3 Å². The van der Waals surface area contributed by atoms with Gasteiger partial charge < -0.3 is 4.42 Å². The summed E-state index contributed by atoms with van der Waals surface area (Å²) < 4.78 is 5.08. The third-order valence-corrected chi connectivity index (χ3v) is 1.22. The molecule has 2 nitrogen and oxygen atoms in total. The highest BCUT2D eigenvalue weighted by Crippen LogP contribution is 2.13. The molecule has 0 aliphatic heterocycles. The van der Waals surface area contributed by atoms with Crippen LogP contribution in [0.1, 0.15) is 13.3 Å². The van der Waals surface area contributed by atoms with E-state index in [1.165, 1.54) is 0 Å². The predicted octanol–water partition coefficient (Wildman–Crippen LogP) is 2.79. The highest BCUT2D eigenvalue weighted by Gasteiger charge is 1.91. The number of hydrogen-bond acceptors (Lipinski definition) is 2. The Morgan fingerprint density at radius 1 is 1.27 bits per heavy atom. The van der Waals surface area contributed by atoms with E-state index < -0.39 is 0 Å². The van der Waals surface area contributed by atoms with Crippen LogP contribution in [-0.4, -0.2) is 0 Å².